The van der Waals surface area contributed by atoms with Crippen LogP contribution in [0, 0.1) is 0 Å². The Morgan fingerprint density at radius 2 is 1.90 bits per heavy atom. The van der Waals surface area contributed by atoms with Crippen molar-refractivity contribution < 1.29 is 23.6 Å². The normalized spacial score (nSPS) is 13.9. The number of aromatic nitrogens is 2. The Kier molecular flexibility index (Phi) is 10.5. The van der Waals surface area contributed by atoms with Gasteiger partial charge in [-0.3, -0.25) is 9.69 Å². The SMILES string of the molecule is C=CC(=O)Nc1cc(Nc2ncc(Cl)c(Nc3ccccc3P(C)(C)=O)n2)c(OC)cc1OC(COC)CN1CCC1. The molecule has 1 aliphatic rings. The Bertz CT molecular complexity index is 1480. The third-order valence-corrected chi connectivity index (χ3v) is 8.36. The fourth-order valence-electron chi connectivity index (χ4n) is 4.36. The van der Waals surface area contributed by atoms with Crippen LogP contribution in [0.5, 0.6) is 11.5 Å². The number of benzene rings is 2. The van der Waals surface area contributed by atoms with Gasteiger partial charge in [0.25, 0.3) is 0 Å². The quantitative estimate of drug-likeness (QED) is 0.167. The fraction of sp³-hybridized carbons (Fsp3) is 0.345. The van der Waals surface area contributed by atoms with Crippen molar-refractivity contribution in [3.05, 3.63) is 60.3 Å². The van der Waals surface area contributed by atoms with E-state index < -0.39 is 13.0 Å². The highest BCUT2D eigenvalue weighted by Gasteiger charge is 2.23. The number of nitrogens with zero attached hydrogens (tertiary/aromatic N) is 3. The predicted molar refractivity (Wildman–Crippen MR) is 168 cm³/mol. The van der Waals surface area contributed by atoms with Crippen molar-refractivity contribution in [3.8, 4) is 11.5 Å². The summed E-state index contributed by atoms with van der Waals surface area (Å²) in [4.78, 5) is 23.5. The van der Waals surface area contributed by atoms with Crippen LogP contribution in [0.15, 0.2) is 55.3 Å². The lowest BCUT2D eigenvalue weighted by molar-refractivity contribution is -0.111. The number of rotatable bonds is 14. The first kappa shape index (κ1) is 31.3. The van der Waals surface area contributed by atoms with E-state index in [9.17, 15) is 9.36 Å². The second kappa shape index (κ2) is 14.0. The minimum atomic E-state index is -2.58. The van der Waals surface area contributed by atoms with Gasteiger partial charge in [0.2, 0.25) is 11.9 Å². The summed E-state index contributed by atoms with van der Waals surface area (Å²) >= 11 is 6.42. The van der Waals surface area contributed by atoms with E-state index in [1.54, 1.807) is 32.6 Å². The molecule has 42 heavy (non-hydrogen) atoms. The van der Waals surface area contributed by atoms with Crippen LogP contribution in [0.2, 0.25) is 5.02 Å². The Labute approximate surface area is 251 Å². The summed E-state index contributed by atoms with van der Waals surface area (Å²) in [5.41, 5.74) is 1.50. The second-order valence-electron chi connectivity index (χ2n) is 10.1. The zero-order chi connectivity index (χ0) is 30.3. The third kappa shape index (κ3) is 8.01. The Morgan fingerprint density at radius 1 is 1.14 bits per heavy atom. The van der Waals surface area contributed by atoms with Crippen LogP contribution in [0.3, 0.4) is 0 Å². The second-order valence-corrected chi connectivity index (χ2v) is 13.7. The standard InChI is InChI=1S/C29H36ClN6O5P/c1-6-27(37)32-23-14-22(24(40-3)15-25(23)41-19(18-39-2)17-36-12-9-13-36)34-29-31-16-20(30)28(35-29)33-21-10-7-8-11-26(21)42(4,5)38/h6-8,10-11,14-16,19H,1,9,12-13,17-18H2,2-5H3,(H,32,37)(H2,31,33,34,35). The summed E-state index contributed by atoms with van der Waals surface area (Å²) < 4.78 is 30.2. The molecular weight excluding hydrogens is 579 g/mol. The molecule has 0 bridgehead atoms. The molecule has 0 spiro atoms. The van der Waals surface area contributed by atoms with Gasteiger partial charge in [0, 0.05) is 25.0 Å². The highest BCUT2D eigenvalue weighted by molar-refractivity contribution is 7.70. The number of hydrogen-bond donors (Lipinski definition) is 3. The van der Waals surface area contributed by atoms with Gasteiger partial charge in [-0.2, -0.15) is 4.98 Å². The fourth-order valence-corrected chi connectivity index (χ4v) is 5.65. The van der Waals surface area contributed by atoms with Crippen LogP contribution < -0.4 is 30.7 Å². The van der Waals surface area contributed by atoms with Crippen molar-refractivity contribution >= 4 is 58.8 Å². The number of anilines is 5. The van der Waals surface area contributed by atoms with Crippen LogP contribution in [-0.4, -0.2) is 80.7 Å². The summed E-state index contributed by atoms with van der Waals surface area (Å²) in [6.45, 7) is 10.0. The predicted octanol–water partition coefficient (Wildman–Crippen LogP) is 5.10. The molecule has 1 aliphatic heterocycles. The molecule has 1 fully saturated rings. The largest absolute Gasteiger partial charge is 0.494 e. The van der Waals surface area contributed by atoms with Gasteiger partial charge in [-0.1, -0.05) is 30.3 Å². The number of methoxy groups -OCH3 is 2. The maximum absolute atomic E-state index is 12.8. The molecule has 2 heterocycles. The Balaban J connectivity index is 1.65. The number of ether oxygens (including phenoxy) is 3. The smallest absolute Gasteiger partial charge is 0.247 e. The molecule has 1 unspecified atom stereocenters. The number of amides is 1. The van der Waals surface area contributed by atoms with Crippen molar-refractivity contribution in [2.24, 2.45) is 0 Å². The molecule has 11 nitrogen and oxygen atoms in total. The van der Waals surface area contributed by atoms with Gasteiger partial charge in [0.15, 0.2) is 5.82 Å². The number of hydrogen-bond acceptors (Lipinski definition) is 10. The Hall–Kier alpha value is -3.63. The maximum Gasteiger partial charge on any atom is 0.247 e. The van der Waals surface area contributed by atoms with E-state index in [1.807, 2.05) is 24.3 Å². The van der Waals surface area contributed by atoms with Gasteiger partial charge in [0.1, 0.15) is 29.8 Å². The summed E-state index contributed by atoms with van der Waals surface area (Å²) in [5.74, 6) is 0.966. The minimum absolute atomic E-state index is 0.207. The molecule has 0 aliphatic carbocycles. The van der Waals surface area contributed by atoms with Crippen molar-refractivity contribution in [1.82, 2.24) is 14.9 Å². The molecule has 1 saturated heterocycles. The molecule has 0 saturated carbocycles. The van der Waals surface area contributed by atoms with E-state index in [2.05, 4.69) is 37.4 Å². The number of para-hydroxylation sites is 1. The molecule has 1 amide bonds. The summed E-state index contributed by atoms with van der Waals surface area (Å²) in [5, 5.41) is 10.1. The van der Waals surface area contributed by atoms with E-state index in [4.69, 9.17) is 25.8 Å². The minimum Gasteiger partial charge on any atom is -0.494 e. The zero-order valence-corrected chi connectivity index (χ0v) is 25.8. The molecule has 3 aromatic rings. The average molecular weight is 615 g/mol. The van der Waals surface area contributed by atoms with Gasteiger partial charge in [0.05, 0.1) is 37.0 Å². The van der Waals surface area contributed by atoms with E-state index in [-0.39, 0.29) is 17.1 Å². The third-order valence-electron chi connectivity index (χ3n) is 6.53. The molecule has 4 rings (SSSR count). The van der Waals surface area contributed by atoms with Crippen molar-refractivity contribution in [3.63, 3.8) is 0 Å². The number of nitrogens with one attached hydrogen (secondary N) is 3. The van der Waals surface area contributed by atoms with E-state index in [1.165, 1.54) is 19.4 Å². The molecule has 1 aromatic heterocycles. The Morgan fingerprint density at radius 3 is 2.55 bits per heavy atom. The van der Waals surface area contributed by atoms with Gasteiger partial charge < -0.3 is 34.7 Å². The first-order valence-corrected chi connectivity index (χ1v) is 16.3. The molecule has 224 valence electrons. The zero-order valence-electron chi connectivity index (χ0n) is 24.1. The van der Waals surface area contributed by atoms with Gasteiger partial charge in [-0.15, -0.1) is 0 Å². The molecule has 2 aromatic carbocycles. The van der Waals surface area contributed by atoms with E-state index in [0.29, 0.717) is 52.8 Å². The lowest BCUT2D eigenvalue weighted by atomic mass is 10.2. The first-order chi connectivity index (χ1) is 20.1. The molecule has 3 N–H and O–H groups in total. The van der Waals surface area contributed by atoms with Gasteiger partial charge in [-0.05, 0) is 57.1 Å². The van der Waals surface area contributed by atoms with Crippen LogP contribution in [0.25, 0.3) is 0 Å². The lowest BCUT2D eigenvalue weighted by Crippen LogP contribution is -2.45. The highest BCUT2D eigenvalue weighted by atomic mass is 35.5. The molecule has 1 atom stereocenters. The summed E-state index contributed by atoms with van der Waals surface area (Å²) in [6.07, 6.45) is 3.52. The lowest BCUT2D eigenvalue weighted by Gasteiger charge is -2.34. The summed E-state index contributed by atoms with van der Waals surface area (Å²) in [7, 11) is 0.573. The maximum atomic E-state index is 12.8. The van der Waals surface area contributed by atoms with Crippen LogP contribution in [-0.2, 0) is 14.1 Å². The van der Waals surface area contributed by atoms with Crippen molar-refractivity contribution in [1.29, 1.82) is 0 Å². The van der Waals surface area contributed by atoms with Crippen LogP contribution in [0.4, 0.5) is 28.8 Å². The topological polar surface area (TPSA) is 127 Å². The number of carbonyl (C=O) groups excluding carboxylic acids is 1. The first-order valence-electron chi connectivity index (χ1n) is 13.4. The summed E-state index contributed by atoms with van der Waals surface area (Å²) in [6, 6.07) is 10.7. The number of likely N-dealkylation sites (tertiary alicyclic amines) is 1. The van der Waals surface area contributed by atoms with Crippen LogP contribution >= 0.6 is 18.7 Å². The van der Waals surface area contributed by atoms with E-state index in [0.717, 1.165) is 19.5 Å². The van der Waals surface area contributed by atoms with Crippen LogP contribution in [0.1, 0.15) is 6.42 Å². The monoisotopic (exact) mass is 614 g/mol. The van der Waals surface area contributed by atoms with Crippen molar-refractivity contribution in [2.45, 2.75) is 12.5 Å². The van der Waals surface area contributed by atoms with Crippen molar-refractivity contribution in [2.75, 3.05) is 69.7 Å². The van der Waals surface area contributed by atoms with Gasteiger partial charge in [-0.25, -0.2) is 4.98 Å². The van der Waals surface area contributed by atoms with E-state index >= 15 is 0 Å². The molecule has 13 heteroatoms. The molecular formula is C29H36ClN6O5P. The average Bonchev–Trinajstić information content (AvgIpc) is 2.93. The highest BCUT2D eigenvalue weighted by Crippen LogP contribution is 2.40. The van der Waals surface area contributed by atoms with Gasteiger partial charge >= 0.3 is 0 Å². The molecule has 0 radical (unpaired) electrons. The number of carbonyl (C=O) groups is 1. The number of halogens is 1.